The van der Waals surface area contributed by atoms with Crippen LogP contribution in [0, 0.1) is 0 Å². The van der Waals surface area contributed by atoms with E-state index in [0.29, 0.717) is 31.1 Å². The Morgan fingerprint density at radius 3 is 2.29 bits per heavy atom. The molecule has 0 aliphatic heterocycles. The lowest BCUT2D eigenvalue weighted by atomic mass is 10.2. The van der Waals surface area contributed by atoms with Gasteiger partial charge in [-0.3, -0.25) is 9.35 Å². The van der Waals surface area contributed by atoms with Gasteiger partial charge in [-0.15, -0.1) is 0 Å². The highest BCUT2D eigenvalue weighted by Gasteiger charge is 2.04. The van der Waals surface area contributed by atoms with Crippen molar-refractivity contribution in [2.75, 3.05) is 0 Å². The first-order valence-corrected chi connectivity index (χ1v) is 9.30. The van der Waals surface area contributed by atoms with Gasteiger partial charge in [0, 0.05) is 14.5 Å². The Balaban J connectivity index is 0.000000243. The molecule has 5 nitrogen and oxygen atoms in total. The molecule has 0 bridgehead atoms. The zero-order chi connectivity index (χ0) is 18.3. The third-order valence-corrected chi connectivity index (χ3v) is 4.24. The maximum Gasteiger partial charge on any atom is 0.287 e. The van der Waals surface area contributed by atoms with Gasteiger partial charge in [-0.05, 0) is 51.8 Å². The largest absolute Gasteiger partial charge is 0.366 e. The summed E-state index contributed by atoms with van der Waals surface area (Å²) in [5.74, 6) is -0.464. The molecule has 2 aromatic carbocycles. The second kappa shape index (κ2) is 9.19. The Kier molecular flexibility index (Phi) is 7.92. The number of carbonyl (C=O) groups is 1. The van der Waals surface area contributed by atoms with Crippen LogP contribution in [0.25, 0.3) is 6.08 Å². The first-order chi connectivity index (χ1) is 11.1. The number of halogens is 3. The van der Waals surface area contributed by atoms with Crippen LogP contribution < -0.4 is 5.73 Å². The Labute approximate surface area is 158 Å². The molecule has 0 saturated heterocycles. The van der Waals surface area contributed by atoms with Gasteiger partial charge in [0.05, 0.1) is 11.0 Å². The van der Waals surface area contributed by atoms with Gasteiger partial charge in [-0.25, -0.2) is 0 Å². The van der Waals surface area contributed by atoms with Crippen LogP contribution in [0.4, 0.5) is 0 Å². The first-order valence-electron chi connectivity index (χ1n) is 6.25. The van der Waals surface area contributed by atoms with E-state index < -0.39 is 16.0 Å². The summed E-state index contributed by atoms with van der Waals surface area (Å²) in [7, 11) is -4.08. The van der Waals surface area contributed by atoms with Gasteiger partial charge in [-0.1, -0.05) is 41.4 Å². The predicted molar refractivity (Wildman–Crippen MR) is 99.7 cm³/mol. The Bertz CT molecular complexity index is 870. The molecular formula is C15H12BrCl2NO4S. The van der Waals surface area contributed by atoms with Gasteiger partial charge in [0.2, 0.25) is 5.91 Å². The van der Waals surface area contributed by atoms with Crippen molar-refractivity contribution in [3.05, 3.63) is 73.5 Å². The second-order valence-corrected chi connectivity index (χ2v) is 7.33. The molecular weight excluding hydrogens is 441 g/mol. The molecule has 0 saturated carbocycles. The fourth-order valence-corrected chi connectivity index (χ4v) is 2.85. The van der Waals surface area contributed by atoms with Crippen LogP contribution in [-0.4, -0.2) is 18.9 Å². The van der Waals surface area contributed by atoms with Crippen LogP contribution in [0.2, 0.25) is 10.0 Å². The smallest absolute Gasteiger partial charge is 0.287 e. The molecule has 0 radical (unpaired) electrons. The van der Waals surface area contributed by atoms with E-state index in [2.05, 4.69) is 15.9 Å². The fourth-order valence-electron chi connectivity index (χ4n) is 1.46. The molecule has 0 aromatic heterocycles. The normalized spacial score (nSPS) is 11.0. The van der Waals surface area contributed by atoms with Crippen molar-refractivity contribution in [1.82, 2.24) is 0 Å². The zero-order valence-corrected chi connectivity index (χ0v) is 15.9. The van der Waals surface area contributed by atoms with Crippen LogP contribution in [0.1, 0.15) is 15.9 Å². The third kappa shape index (κ3) is 7.46. The lowest BCUT2D eigenvalue weighted by molar-refractivity contribution is 0.0999. The molecule has 2 aromatic rings. The Hall–Kier alpha value is -1.38. The number of nitrogens with two attached hydrogens (primary N) is 1. The molecule has 24 heavy (non-hydrogen) atoms. The highest BCUT2D eigenvalue weighted by molar-refractivity contribution is 9.10. The van der Waals surface area contributed by atoms with Crippen LogP contribution >= 0.6 is 39.1 Å². The minimum absolute atomic E-state index is 0.433. The summed E-state index contributed by atoms with van der Waals surface area (Å²) >= 11 is 14.5. The van der Waals surface area contributed by atoms with Gasteiger partial charge in [0.1, 0.15) is 0 Å². The van der Waals surface area contributed by atoms with Crippen molar-refractivity contribution in [2.24, 2.45) is 5.73 Å². The molecule has 0 aliphatic carbocycles. The quantitative estimate of drug-likeness (QED) is 0.674. The summed E-state index contributed by atoms with van der Waals surface area (Å²) in [6, 6.07) is 11.5. The topological polar surface area (TPSA) is 97.5 Å². The summed E-state index contributed by atoms with van der Waals surface area (Å²) in [4.78, 5) is 10.7. The predicted octanol–water partition coefficient (Wildman–Crippen LogP) is 4.40. The maximum absolute atomic E-state index is 10.7. The molecule has 0 aliphatic rings. The van der Waals surface area contributed by atoms with Crippen molar-refractivity contribution < 1.29 is 17.8 Å². The maximum atomic E-state index is 10.7. The summed E-state index contributed by atoms with van der Waals surface area (Å²) < 4.78 is 29.7. The highest BCUT2D eigenvalue weighted by Crippen LogP contribution is 2.20. The summed E-state index contributed by atoms with van der Waals surface area (Å²) in [6.07, 6.45) is 1.23. The molecule has 0 spiro atoms. The minimum atomic E-state index is -4.08. The lowest BCUT2D eigenvalue weighted by Gasteiger charge is -1.98. The van der Waals surface area contributed by atoms with Crippen molar-refractivity contribution in [3.8, 4) is 0 Å². The molecule has 3 N–H and O–H groups in total. The van der Waals surface area contributed by atoms with E-state index in [1.807, 2.05) is 0 Å². The number of rotatable bonds is 3. The Morgan fingerprint density at radius 2 is 1.79 bits per heavy atom. The van der Waals surface area contributed by atoms with Crippen molar-refractivity contribution in [3.63, 3.8) is 0 Å². The number of amides is 1. The van der Waals surface area contributed by atoms with E-state index in [4.69, 9.17) is 33.5 Å². The Morgan fingerprint density at radius 1 is 1.17 bits per heavy atom. The highest BCUT2D eigenvalue weighted by atomic mass is 79.9. The average molecular weight is 453 g/mol. The van der Waals surface area contributed by atoms with Gasteiger partial charge in [0.25, 0.3) is 10.1 Å². The monoisotopic (exact) mass is 451 g/mol. The molecule has 0 fully saturated rings. The summed E-state index contributed by atoms with van der Waals surface area (Å²) in [5.41, 5.74) is 6.04. The van der Waals surface area contributed by atoms with Crippen LogP contribution in [0.3, 0.4) is 0 Å². The number of primary amides is 1. The molecule has 2 rings (SSSR count). The molecule has 128 valence electrons. The number of hydrogen-bond donors (Lipinski definition) is 2. The van der Waals surface area contributed by atoms with Gasteiger partial charge in [0.15, 0.2) is 0 Å². The number of hydrogen-bond acceptors (Lipinski definition) is 3. The SMILES string of the molecule is NC(=O)c1ccc(Cl)cc1Br.O=S(=O)(O)/C=C/c1ccccc1Cl. The second-order valence-electron chi connectivity index (χ2n) is 4.33. The van der Waals surface area contributed by atoms with Crippen molar-refractivity contribution in [1.29, 1.82) is 0 Å². The van der Waals surface area contributed by atoms with Crippen LogP contribution in [0.5, 0.6) is 0 Å². The van der Waals surface area contributed by atoms with E-state index in [1.54, 1.807) is 42.5 Å². The molecule has 9 heteroatoms. The lowest BCUT2D eigenvalue weighted by Crippen LogP contribution is -2.11. The van der Waals surface area contributed by atoms with E-state index in [1.165, 1.54) is 6.08 Å². The van der Waals surface area contributed by atoms with Crippen molar-refractivity contribution in [2.45, 2.75) is 0 Å². The summed E-state index contributed by atoms with van der Waals surface area (Å²) in [5, 5.41) is 1.69. The number of benzene rings is 2. The van der Waals surface area contributed by atoms with E-state index >= 15 is 0 Å². The standard InChI is InChI=1S/C8H7ClO3S.C7H5BrClNO/c9-8-4-2-1-3-7(8)5-6-13(10,11)12;8-6-3-4(9)1-2-5(6)7(10)11/h1-6H,(H,10,11,12);1-3H,(H2,10,11)/b6-5+;. The van der Waals surface area contributed by atoms with Gasteiger partial charge < -0.3 is 5.73 Å². The van der Waals surface area contributed by atoms with Gasteiger partial charge >= 0.3 is 0 Å². The molecule has 0 atom stereocenters. The van der Waals surface area contributed by atoms with E-state index in [9.17, 15) is 13.2 Å². The van der Waals surface area contributed by atoms with Crippen molar-refractivity contribution >= 4 is 61.2 Å². The minimum Gasteiger partial charge on any atom is -0.366 e. The number of carbonyl (C=O) groups excluding carboxylic acids is 1. The molecule has 1 amide bonds. The van der Waals surface area contributed by atoms with E-state index in [-0.39, 0.29) is 0 Å². The fraction of sp³-hybridized carbons (Fsp3) is 0. The van der Waals surface area contributed by atoms with E-state index in [0.717, 1.165) is 0 Å². The molecule has 0 heterocycles. The van der Waals surface area contributed by atoms with Gasteiger partial charge in [-0.2, -0.15) is 8.42 Å². The van der Waals surface area contributed by atoms with Crippen LogP contribution in [0.15, 0.2) is 52.3 Å². The zero-order valence-electron chi connectivity index (χ0n) is 12.0. The van der Waals surface area contributed by atoms with Crippen LogP contribution in [-0.2, 0) is 10.1 Å². The molecule has 0 unspecified atom stereocenters. The first kappa shape index (κ1) is 20.7. The third-order valence-electron chi connectivity index (χ3n) is 2.52. The average Bonchev–Trinajstić information content (AvgIpc) is 2.45. The summed E-state index contributed by atoms with van der Waals surface area (Å²) in [6.45, 7) is 0.